The first-order valence-electron chi connectivity index (χ1n) is 8.80. The van der Waals surface area contributed by atoms with E-state index in [0.717, 1.165) is 18.9 Å². The lowest BCUT2D eigenvalue weighted by Gasteiger charge is -2.15. The van der Waals surface area contributed by atoms with Crippen LogP contribution < -0.4 is 5.32 Å². The van der Waals surface area contributed by atoms with Gasteiger partial charge in [0.25, 0.3) is 5.91 Å². The number of sulfonamides is 1. The van der Waals surface area contributed by atoms with E-state index in [1.807, 2.05) is 0 Å². The molecule has 2 aromatic carbocycles. The van der Waals surface area contributed by atoms with E-state index in [9.17, 15) is 22.4 Å². The van der Waals surface area contributed by atoms with Gasteiger partial charge in [0.2, 0.25) is 10.0 Å². The Morgan fingerprint density at radius 1 is 1.10 bits per heavy atom. The Bertz CT molecular complexity index is 1000. The van der Waals surface area contributed by atoms with E-state index in [0.29, 0.717) is 18.8 Å². The van der Waals surface area contributed by atoms with Crippen LogP contribution in [0.3, 0.4) is 0 Å². The highest BCUT2D eigenvalue weighted by Gasteiger charge is 2.27. The van der Waals surface area contributed by atoms with Gasteiger partial charge in [-0.3, -0.25) is 4.79 Å². The number of benzene rings is 2. The minimum absolute atomic E-state index is 0.120. The maximum Gasteiger partial charge on any atom is 0.343 e. The van der Waals surface area contributed by atoms with Crippen LogP contribution in [0.5, 0.6) is 0 Å². The SMILES string of the molecule is O=C(COC(=O)c1c(F)cccc1Cl)Nc1ccc(S(=O)(=O)N2CCCC2)cc1. The van der Waals surface area contributed by atoms with Gasteiger partial charge in [-0.25, -0.2) is 17.6 Å². The molecule has 154 valence electrons. The zero-order valence-electron chi connectivity index (χ0n) is 15.2. The number of anilines is 1. The number of amides is 1. The van der Waals surface area contributed by atoms with E-state index in [4.69, 9.17) is 16.3 Å². The third-order valence-corrected chi connectivity index (χ3v) is 6.57. The molecule has 0 bridgehead atoms. The average Bonchev–Trinajstić information content (AvgIpc) is 3.22. The lowest BCUT2D eigenvalue weighted by atomic mass is 10.2. The first-order chi connectivity index (χ1) is 13.8. The van der Waals surface area contributed by atoms with Gasteiger partial charge >= 0.3 is 5.97 Å². The normalized spacial score (nSPS) is 14.6. The van der Waals surface area contributed by atoms with E-state index in [2.05, 4.69) is 5.32 Å². The van der Waals surface area contributed by atoms with Crippen LogP contribution in [0.1, 0.15) is 23.2 Å². The minimum atomic E-state index is -3.54. The molecule has 0 aliphatic carbocycles. The van der Waals surface area contributed by atoms with E-state index in [1.165, 1.54) is 40.7 Å². The van der Waals surface area contributed by atoms with Gasteiger partial charge in [0.1, 0.15) is 11.4 Å². The summed E-state index contributed by atoms with van der Waals surface area (Å²) in [5.74, 6) is -2.58. The Kier molecular flexibility index (Phi) is 6.51. The molecule has 1 aliphatic rings. The molecule has 7 nitrogen and oxygen atoms in total. The van der Waals surface area contributed by atoms with Gasteiger partial charge in [0, 0.05) is 18.8 Å². The van der Waals surface area contributed by atoms with Crippen molar-refractivity contribution in [2.75, 3.05) is 25.0 Å². The molecule has 0 unspecified atom stereocenters. The topological polar surface area (TPSA) is 92.8 Å². The van der Waals surface area contributed by atoms with Gasteiger partial charge < -0.3 is 10.1 Å². The number of nitrogens with one attached hydrogen (secondary N) is 1. The number of halogens is 2. The van der Waals surface area contributed by atoms with Crippen LogP contribution >= 0.6 is 11.6 Å². The highest BCUT2D eigenvalue weighted by Crippen LogP contribution is 2.22. The standard InChI is InChI=1S/C19H18ClFN2O5S/c20-15-4-3-5-16(21)18(15)19(25)28-12-17(24)22-13-6-8-14(9-7-13)29(26,27)23-10-1-2-11-23/h3-9H,1-2,10-12H2,(H,22,24). The zero-order valence-corrected chi connectivity index (χ0v) is 16.8. The highest BCUT2D eigenvalue weighted by molar-refractivity contribution is 7.89. The van der Waals surface area contributed by atoms with E-state index < -0.39 is 39.9 Å². The predicted octanol–water partition coefficient (Wildman–Crippen LogP) is 3.06. The van der Waals surface area contributed by atoms with Crippen molar-refractivity contribution in [3.05, 3.63) is 58.9 Å². The number of ether oxygens (including phenoxy) is 1. The Hall–Kier alpha value is -2.49. The molecule has 29 heavy (non-hydrogen) atoms. The molecule has 1 saturated heterocycles. The number of carbonyl (C=O) groups excluding carboxylic acids is 2. The first kappa shape index (κ1) is 21.2. The van der Waals surface area contributed by atoms with Gasteiger partial charge in [-0.05, 0) is 49.2 Å². The van der Waals surface area contributed by atoms with Crippen molar-refractivity contribution >= 4 is 39.2 Å². The average molecular weight is 441 g/mol. The van der Waals surface area contributed by atoms with Crippen LogP contribution in [0, 0.1) is 5.82 Å². The number of nitrogens with zero attached hydrogens (tertiary/aromatic N) is 1. The number of rotatable bonds is 6. The Labute approximate surface area is 172 Å². The molecule has 0 aromatic heterocycles. The second-order valence-corrected chi connectivity index (χ2v) is 8.70. The molecular weight excluding hydrogens is 423 g/mol. The molecule has 0 spiro atoms. The summed E-state index contributed by atoms with van der Waals surface area (Å²) >= 11 is 5.77. The van der Waals surface area contributed by atoms with E-state index in [1.54, 1.807) is 0 Å². The Morgan fingerprint density at radius 2 is 1.76 bits per heavy atom. The smallest absolute Gasteiger partial charge is 0.343 e. The molecule has 1 N–H and O–H groups in total. The molecule has 1 aliphatic heterocycles. The number of hydrogen-bond donors (Lipinski definition) is 1. The summed E-state index contributed by atoms with van der Waals surface area (Å²) in [6, 6.07) is 9.41. The summed E-state index contributed by atoms with van der Waals surface area (Å²) in [6.07, 6.45) is 1.67. The third kappa shape index (κ3) is 4.92. The van der Waals surface area contributed by atoms with Crippen molar-refractivity contribution in [2.45, 2.75) is 17.7 Å². The quantitative estimate of drug-likeness (QED) is 0.697. The lowest BCUT2D eigenvalue weighted by Crippen LogP contribution is -2.27. The third-order valence-electron chi connectivity index (χ3n) is 4.34. The maximum absolute atomic E-state index is 13.7. The van der Waals surface area contributed by atoms with Crippen LogP contribution in [0.25, 0.3) is 0 Å². The molecule has 3 rings (SSSR count). The Balaban J connectivity index is 1.58. The summed E-state index contributed by atoms with van der Waals surface area (Å²) < 4.78 is 44.8. The van der Waals surface area contributed by atoms with Crippen molar-refractivity contribution in [1.29, 1.82) is 0 Å². The van der Waals surface area contributed by atoms with Crippen LogP contribution in [0.2, 0.25) is 5.02 Å². The van der Waals surface area contributed by atoms with Gasteiger partial charge in [0.15, 0.2) is 6.61 Å². The molecule has 10 heteroatoms. The second-order valence-electron chi connectivity index (χ2n) is 6.36. The van der Waals surface area contributed by atoms with Crippen molar-refractivity contribution in [1.82, 2.24) is 4.31 Å². The van der Waals surface area contributed by atoms with Crippen molar-refractivity contribution in [3.8, 4) is 0 Å². The van der Waals surface area contributed by atoms with Crippen LogP contribution in [0.4, 0.5) is 10.1 Å². The van der Waals surface area contributed by atoms with Gasteiger partial charge in [-0.15, -0.1) is 0 Å². The molecule has 1 fully saturated rings. The largest absolute Gasteiger partial charge is 0.452 e. The van der Waals surface area contributed by atoms with Crippen molar-refractivity contribution < 1.29 is 27.1 Å². The second kappa shape index (κ2) is 8.89. The fourth-order valence-electron chi connectivity index (χ4n) is 2.88. The zero-order chi connectivity index (χ0) is 21.0. The first-order valence-corrected chi connectivity index (χ1v) is 10.6. The van der Waals surface area contributed by atoms with E-state index >= 15 is 0 Å². The van der Waals surface area contributed by atoms with Gasteiger partial charge in [-0.1, -0.05) is 17.7 Å². The molecule has 1 amide bonds. The molecular formula is C19H18ClFN2O5S. The number of esters is 1. The fourth-order valence-corrected chi connectivity index (χ4v) is 4.64. The van der Waals surface area contributed by atoms with Crippen LogP contribution in [-0.4, -0.2) is 44.3 Å². The summed E-state index contributed by atoms with van der Waals surface area (Å²) in [7, 11) is -3.54. The molecule has 0 radical (unpaired) electrons. The Morgan fingerprint density at radius 3 is 2.38 bits per heavy atom. The summed E-state index contributed by atoms with van der Waals surface area (Å²) in [4.78, 5) is 24.0. The van der Waals surface area contributed by atoms with Crippen LogP contribution in [0.15, 0.2) is 47.4 Å². The maximum atomic E-state index is 13.7. The van der Waals surface area contributed by atoms with E-state index in [-0.39, 0.29) is 9.92 Å². The summed E-state index contributed by atoms with van der Waals surface area (Å²) in [6.45, 7) is 0.341. The van der Waals surface area contributed by atoms with Crippen molar-refractivity contribution in [3.63, 3.8) is 0 Å². The molecule has 0 saturated carbocycles. The molecule has 0 atom stereocenters. The monoisotopic (exact) mass is 440 g/mol. The summed E-state index contributed by atoms with van der Waals surface area (Å²) in [5.41, 5.74) is -0.117. The molecule has 2 aromatic rings. The van der Waals surface area contributed by atoms with Gasteiger partial charge in [0.05, 0.1) is 9.92 Å². The van der Waals surface area contributed by atoms with Crippen molar-refractivity contribution in [2.24, 2.45) is 0 Å². The number of carbonyl (C=O) groups is 2. The lowest BCUT2D eigenvalue weighted by molar-refractivity contribution is -0.119. The fraction of sp³-hybridized carbons (Fsp3) is 0.263. The predicted molar refractivity (Wildman–Crippen MR) is 105 cm³/mol. The van der Waals surface area contributed by atoms with Crippen LogP contribution in [-0.2, 0) is 19.6 Å². The number of hydrogen-bond acceptors (Lipinski definition) is 5. The van der Waals surface area contributed by atoms with Gasteiger partial charge in [-0.2, -0.15) is 4.31 Å². The minimum Gasteiger partial charge on any atom is -0.452 e. The molecule has 1 heterocycles. The summed E-state index contributed by atoms with van der Waals surface area (Å²) in [5, 5.41) is 2.35. The highest BCUT2D eigenvalue weighted by atomic mass is 35.5.